The van der Waals surface area contributed by atoms with Crippen molar-refractivity contribution in [2.24, 2.45) is 0 Å². The lowest BCUT2D eigenvalue weighted by atomic mass is 10.0. The average molecular weight is 529 g/mol. The van der Waals surface area contributed by atoms with Crippen LogP contribution in [0.3, 0.4) is 0 Å². The molecule has 6 rings (SSSR count). The van der Waals surface area contributed by atoms with Crippen molar-refractivity contribution in [2.45, 2.75) is 39.5 Å². The Morgan fingerprint density at radius 1 is 0.475 bits per heavy atom. The van der Waals surface area contributed by atoms with E-state index < -0.39 is 0 Å². The molecule has 0 atom stereocenters. The van der Waals surface area contributed by atoms with Gasteiger partial charge >= 0.3 is 0 Å². The van der Waals surface area contributed by atoms with Crippen LogP contribution in [-0.2, 0) is 0 Å². The first kappa shape index (κ1) is 26.9. The summed E-state index contributed by atoms with van der Waals surface area (Å²) in [5.74, 6) is 2.22. The van der Waals surface area contributed by atoms with Crippen molar-refractivity contribution in [3.8, 4) is 22.6 Å². The Hall–Kier alpha value is -4.70. The molecule has 4 heteroatoms. The molecule has 6 aromatic rings. The Kier molecular flexibility index (Phi) is 7.79. The van der Waals surface area contributed by atoms with Crippen LogP contribution < -0.4 is 10.9 Å². The van der Waals surface area contributed by atoms with Crippen LogP contribution in [0.25, 0.3) is 44.6 Å². The second-order valence-corrected chi connectivity index (χ2v) is 10.5. The molecular weight excluding hydrogens is 496 g/mol. The number of hydrogen-bond donors (Lipinski definition) is 0. The van der Waals surface area contributed by atoms with Crippen LogP contribution in [0.2, 0.25) is 0 Å². The van der Waals surface area contributed by atoms with Crippen molar-refractivity contribution in [1.82, 2.24) is 0 Å². The van der Waals surface area contributed by atoms with Crippen molar-refractivity contribution >= 4 is 21.9 Å². The highest BCUT2D eigenvalue weighted by Crippen LogP contribution is 2.25. The van der Waals surface area contributed by atoms with Gasteiger partial charge in [0.25, 0.3) is 0 Å². The van der Waals surface area contributed by atoms with Crippen LogP contribution in [0.1, 0.15) is 50.7 Å². The lowest BCUT2D eigenvalue weighted by Crippen LogP contribution is -1.99. The van der Waals surface area contributed by atoms with E-state index in [1.54, 1.807) is 24.3 Å². The van der Waals surface area contributed by atoms with Gasteiger partial charge < -0.3 is 8.83 Å². The summed E-state index contributed by atoms with van der Waals surface area (Å²) in [6.45, 7) is 8.63. The Labute approximate surface area is 233 Å². The van der Waals surface area contributed by atoms with E-state index >= 15 is 0 Å². The SMILES string of the molecule is CC(C)c1ccc(-c2cc(=O)c3ccccc3o2)cc1.CC(C)c1ccc(-c2cc(=O)c3ccccc3o2)cc1. The first-order valence-electron chi connectivity index (χ1n) is 13.6. The lowest BCUT2D eigenvalue weighted by Gasteiger charge is -2.07. The van der Waals surface area contributed by atoms with Gasteiger partial charge in [-0.25, -0.2) is 0 Å². The average Bonchev–Trinajstić information content (AvgIpc) is 2.97. The monoisotopic (exact) mass is 528 g/mol. The molecule has 40 heavy (non-hydrogen) atoms. The minimum absolute atomic E-state index is 0.00483. The van der Waals surface area contributed by atoms with E-state index in [-0.39, 0.29) is 10.9 Å². The van der Waals surface area contributed by atoms with Gasteiger partial charge in [-0.3, -0.25) is 9.59 Å². The minimum Gasteiger partial charge on any atom is -0.456 e. The zero-order valence-electron chi connectivity index (χ0n) is 23.2. The highest BCUT2D eigenvalue weighted by Gasteiger charge is 2.08. The van der Waals surface area contributed by atoms with E-state index in [9.17, 15) is 9.59 Å². The fourth-order valence-corrected chi connectivity index (χ4v) is 4.56. The molecule has 0 radical (unpaired) electrons. The van der Waals surface area contributed by atoms with E-state index in [2.05, 4.69) is 52.0 Å². The van der Waals surface area contributed by atoms with Gasteiger partial charge in [-0.05, 0) is 47.2 Å². The summed E-state index contributed by atoms with van der Waals surface area (Å²) in [5.41, 5.74) is 5.65. The van der Waals surface area contributed by atoms with E-state index in [0.29, 0.717) is 45.3 Å². The number of hydrogen-bond acceptors (Lipinski definition) is 4. The fourth-order valence-electron chi connectivity index (χ4n) is 4.56. The van der Waals surface area contributed by atoms with Crippen LogP contribution in [-0.4, -0.2) is 0 Å². The molecule has 2 aromatic heterocycles. The third-order valence-electron chi connectivity index (χ3n) is 6.99. The molecule has 0 fully saturated rings. The van der Waals surface area contributed by atoms with Gasteiger partial charge in [-0.1, -0.05) is 100 Å². The zero-order chi connectivity index (χ0) is 28.2. The highest BCUT2D eigenvalue weighted by molar-refractivity contribution is 5.79. The number of benzene rings is 4. The maximum atomic E-state index is 12.1. The first-order valence-corrected chi connectivity index (χ1v) is 13.6. The summed E-state index contributed by atoms with van der Waals surface area (Å²) < 4.78 is 11.7. The summed E-state index contributed by atoms with van der Waals surface area (Å²) in [7, 11) is 0. The van der Waals surface area contributed by atoms with Gasteiger partial charge in [0.15, 0.2) is 10.9 Å². The van der Waals surface area contributed by atoms with Gasteiger partial charge in [0.1, 0.15) is 22.7 Å². The summed E-state index contributed by atoms with van der Waals surface area (Å²) in [4.78, 5) is 24.2. The predicted molar refractivity (Wildman–Crippen MR) is 164 cm³/mol. The van der Waals surface area contributed by atoms with E-state index in [1.807, 2.05) is 60.7 Å². The van der Waals surface area contributed by atoms with E-state index in [0.717, 1.165) is 11.1 Å². The maximum absolute atomic E-state index is 12.1. The molecule has 0 N–H and O–H groups in total. The first-order chi connectivity index (χ1) is 19.3. The number of rotatable bonds is 4. The van der Waals surface area contributed by atoms with Gasteiger partial charge in [0.2, 0.25) is 0 Å². The molecule has 0 bridgehead atoms. The minimum atomic E-state index is -0.00483. The molecule has 0 saturated heterocycles. The van der Waals surface area contributed by atoms with Gasteiger partial charge in [0.05, 0.1) is 10.8 Å². The molecule has 0 aliphatic rings. The van der Waals surface area contributed by atoms with Crippen LogP contribution >= 0.6 is 0 Å². The normalized spacial score (nSPS) is 11.2. The van der Waals surface area contributed by atoms with Crippen LogP contribution in [0, 0.1) is 0 Å². The molecule has 0 amide bonds. The molecule has 0 saturated carbocycles. The summed E-state index contributed by atoms with van der Waals surface area (Å²) in [6, 6.07) is 34.1. The molecule has 4 aromatic carbocycles. The summed E-state index contributed by atoms with van der Waals surface area (Å²) in [5, 5.41) is 1.24. The quantitative estimate of drug-likeness (QED) is 0.229. The molecule has 0 spiro atoms. The Morgan fingerprint density at radius 2 is 0.825 bits per heavy atom. The third-order valence-corrected chi connectivity index (χ3v) is 6.99. The number of fused-ring (bicyclic) bond motifs is 2. The topological polar surface area (TPSA) is 60.4 Å². The largest absolute Gasteiger partial charge is 0.456 e. The van der Waals surface area contributed by atoms with Gasteiger partial charge in [-0.2, -0.15) is 0 Å². The lowest BCUT2D eigenvalue weighted by molar-refractivity contribution is 0.618. The van der Waals surface area contributed by atoms with Crippen LogP contribution in [0.4, 0.5) is 0 Å². The van der Waals surface area contributed by atoms with Gasteiger partial charge in [-0.15, -0.1) is 0 Å². The maximum Gasteiger partial charge on any atom is 0.193 e. The Bertz CT molecular complexity index is 1730. The summed E-state index contributed by atoms with van der Waals surface area (Å²) in [6.07, 6.45) is 0. The standard InChI is InChI=1S/2C18H16O2/c2*1-12(2)13-7-9-14(10-8-13)18-11-16(19)15-5-3-4-6-17(15)20-18/h2*3-12H,1-2H3. The molecule has 0 aliphatic heterocycles. The predicted octanol–water partition coefficient (Wildman–Crippen LogP) is 9.17. The summed E-state index contributed by atoms with van der Waals surface area (Å²) >= 11 is 0. The second-order valence-electron chi connectivity index (χ2n) is 10.5. The van der Waals surface area contributed by atoms with Crippen molar-refractivity contribution < 1.29 is 8.83 Å². The van der Waals surface area contributed by atoms with Crippen molar-refractivity contribution in [3.63, 3.8) is 0 Å². The molecule has 2 heterocycles. The second kappa shape index (κ2) is 11.6. The van der Waals surface area contributed by atoms with Crippen LogP contribution in [0.5, 0.6) is 0 Å². The third kappa shape index (κ3) is 5.81. The molecule has 4 nitrogen and oxygen atoms in total. The Morgan fingerprint density at radius 3 is 1.18 bits per heavy atom. The van der Waals surface area contributed by atoms with Crippen molar-refractivity contribution in [3.05, 3.63) is 141 Å². The van der Waals surface area contributed by atoms with Gasteiger partial charge in [0, 0.05) is 23.3 Å². The van der Waals surface area contributed by atoms with Crippen molar-refractivity contribution in [1.29, 1.82) is 0 Å². The van der Waals surface area contributed by atoms with E-state index in [1.165, 1.54) is 11.1 Å². The molecule has 0 unspecified atom stereocenters. The zero-order valence-corrected chi connectivity index (χ0v) is 23.2. The molecular formula is C36H32O4. The van der Waals surface area contributed by atoms with E-state index in [4.69, 9.17) is 8.83 Å². The highest BCUT2D eigenvalue weighted by atomic mass is 16.3. The molecule has 0 aliphatic carbocycles. The van der Waals surface area contributed by atoms with Crippen LogP contribution in [0.15, 0.2) is 128 Å². The fraction of sp³-hybridized carbons (Fsp3) is 0.167. The Balaban J connectivity index is 0.000000161. The molecule has 200 valence electrons. The number of para-hydroxylation sites is 2. The van der Waals surface area contributed by atoms with Crippen molar-refractivity contribution in [2.75, 3.05) is 0 Å². The smallest absolute Gasteiger partial charge is 0.193 e.